The molecule has 23 heavy (non-hydrogen) atoms. The number of piperazine rings is 1. The highest BCUT2D eigenvalue weighted by Gasteiger charge is 2.24. The van der Waals surface area contributed by atoms with Crippen LogP contribution in [0.1, 0.15) is 32.4 Å². The predicted molar refractivity (Wildman–Crippen MR) is 92.3 cm³/mol. The van der Waals surface area contributed by atoms with Gasteiger partial charge in [0, 0.05) is 26.2 Å². The van der Waals surface area contributed by atoms with Gasteiger partial charge in [-0.05, 0) is 45.5 Å². The van der Waals surface area contributed by atoms with E-state index < -0.39 is 0 Å². The molecule has 0 aliphatic carbocycles. The first-order chi connectivity index (χ1) is 11.0. The van der Waals surface area contributed by atoms with Crippen LogP contribution in [0.5, 0.6) is 11.5 Å². The van der Waals surface area contributed by atoms with Crippen LogP contribution in [-0.2, 0) is 0 Å². The summed E-state index contributed by atoms with van der Waals surface area (Å²) >= 11 is 0. The van der Waals surface area contributed by atoms with E-state index in [1.54, 1.807) is 0 Å². The van der Waals surface area contributed by atoms with Gasteiger partial charge < -0.3 is 19.5 Å². The Morgan fingerprint density at radius 2 is 1.83 bits per heavy atom. The molecule has 1 aliphatic heterocycles. The summed E-state index contributed by atoms with van der Waals surface area (Å²) in [5, 5.41) is 9.91. The molecule has 0 amide bonds. The maximum absolute atomic E-state index is 9.91. The van der Waals surface area contributed by atoms with E-state index in [9.17, 15) is 5.11 Å². The summed E-state index contributed by atoms with van der Waals surface area (Å²) < 4.78 is 11.6. The molecule has 0 saturated carbocycles. The number of hydrogen-bond donors (Lipinski definition) is 1. The van der Waals surface area contributed by atoms with E-state index in [1.807, 2.05) is 39.0 Å². The van der Waals surface area contributed by atoms with Crippen LogP contribution in [0.2, 0.25) is 0 Å². The number of benzene rings is 1. The van der Waals surface area contributed by atoms with E-state index in [4.69, 9.17) is 9.47 Å². The van der Waals surface area contributed by atoms with Crippen molar-refractivity contribution in [1.82, 2.24) is 9.80 Å². The van der Waals surface area contributed by atoms with Crippen LogP contribution in [-0.4, -0.2) is 67.5 Å². The molecule has 1 aromatic rings. The van der Waals surface area contributed by atoms with Crippen molar-refractivity contribution >= 4 is 0 Å². The second-order valence-electron chi connectivity index (χ2n) is 6.34. The van der Waals surface area contributed by atoms with E-state index in [2.05, 4.69) is 16.8 Å². The number of ether oxygens (including phenoxy) is 2. The molecule has 1 N–H and O–H groups in total. The monoisotopic (exact) mass is 322 g/mol. The van der Waals surface area contributed by atoms with E-state index in [0.717, 1.165) is 43.2 Å². The summed E-state index contributed by atoms with van der Waals surface area (Å²) in [7, 11) is 2.14. The van der Waals surface area contributed by atoms with Gasteiger partial charge in [-0.3, -0.25) is 4.90 Å². The summed E-state index contributed by atoms with van der Waals surface area (Å²) in [6.07, 6.45) is 0.103. The molecule has 130 valence electrons. The van der Waals surface area contributed by atoms with Crippen LogP contribution >= 0.6 is 0 Å². The molecule has 1 unspecified atom stereocenters. The van der Waals surface area contributed by atoms with Gasteiger partial charge in [-0.25, -0.2) is 0 Å². The number of likely N-dealkylation sites (N-methyl/N-ethyl adjacent to an activating group) is 1. The Labute approximate surface area is 139 Å². The van der Waals surface area contributed by atoms with Gasteiger partial charge in [0.05, 0.1) is 25.4 Å². The number of aliphatic hydroxyl groups excluding tert-OH is 1. The molecular weight excluding hydrogens is 292 g/mol. The first-order valence-electron chi connectivity index (χ1n) is 8.52. The third-order valence-electron chi connectivity index (χ3n) is 4.17. The average Bonchev–Trinajstić information content (AvgIpc) is 2.52. The van der Waals surface area contributed by atoms with Crippen LogP contribution in [0, 0.1) is 0 Å². The Hall–Kier alpha value is -1.30. The van der Waals surface area contributed by atoms with Crippen molar-refractivity contribution in [3.05, 3.63) is 23.8 Å². The van der Waals surface area contributed by atoms with Crippen molar-refractivity contribution in [2.75, 3.05) is 46.4 Å². The normalized spacial score (nSPS) is 18.2. The molecular formula is C18H30N2O3. The fourth-order valence-corrected chi connectivity index (χ4v) is 2.92. The lowest BCUT2D eigenvalue weighted by molar-refractivity contribution is 0.0746. The van der Waals surface area contributed by atoms with Crippen molar-refractivity contribution in [2.24, 2.45) is 0 Å². The maximum atomic E-state index is 9.91. The zero-order valence-corrected chi connectivity index (χ0v) is 14.8. The zero-order chi connectivity index (χ0) is 16.8. The third kappa shape index (κ3) is 4.83. The molecule has 0 bridgehead atoms. The van der Waals surface area contributed by atoms with Crippen molar-refractivity contribution in [3.8, 4) is 11.5 Å². The van der Waals surface area contributed by atoms with E-state index in [0.29, 0.717) is 6.61 Å². The van der Waals surface area contributed by atoms with Gasteiger partial charge in [-0.15, -0.1) is 0 Å². The fraction of sp³-hybridized carbons (Fsp3) is 0.667. The molecule has 1 atom stereocenters. The lowest BCUT2D eigenvalue weighted by Crippen LogP contribution is -2.46. The topological polar surface area (TPSA) is 45.2 Å². The Morgan fingerprint density at radius 3 is 2.39 bits per heavy atom. The Morgan fingerprint density at radius 1 is 1.13 bits per heavy atom. The van der Waals surface area contributed by atoms with E-state index in [-0.39, 0.29) is 18.8 Å². The third-order valence-corrected chi connectivity index (χ3v) is 4.17. The fourth-order valence-electron chi connectivity index (χ4n) is 2.92. The smallest absolute Gasteiger partial charge is 0.161 e. The largest absolute Gasteiger partial charge is 0.490 e. The van der Waals surface area contributed by atoms with Gasteiger partial charge in [0.25, 0.3) is 0 Å². The Balaban J connectivity index is 2.20. The van der Waals surface area contributed by atoms with Gasteiger partial charge in [-0.1, -0.05) is 6.07 Å². The molecule has 0 spiro atoms. The van der Waals surface area contributed by atoms with Crippen LogP contribution in [0.4, 0.5) is 0 Å². The molecule has 1 fully saturated rings. The number of aliphatic hydroxyl groups is 1. The molecule has 5 nitrogen and oxygen atoms in total. The highest BCUT2D eigenvalue weighted by Crippen LogP contribution is 2.33. The highest BCUT2D eigenvalue weighted by molar-refractivity contribution is 5.44. The molecule has 0 radical (unpaired) electrons. The number of nitrogens with zero attached hydrogens (tertiary/aromatic N) is 2. The predicted octanol–water partition coefficient (Wildman–Crippen LogP) is 2.15. The first-order valence-corrected chi connectivity index (χ1v) is 8.52. The summed E-state index contributed by atoms with van der Waals surface area (Å²) in [6.45, 7) is 10.7. The summed E-state index contributed by atoms with van der Waals surface area (Å²) in [5.41, 5.74) is 1.08. The van der Waals surface area contributed by atoms with Gasteiger partial charge in [0.1, 0.15) is 0 Å². The standard InChI is InChI=1S/C18H30N2O3/c1-5-22-18-12-15(6-7-17(18)23-14(2)3)16(13-21)20-10-8-19(4)9-11-20/h6-7,12,14,16,21H,5,8-11,13H2,1-4H3. The van der Waals surface area contributed by atoms with Crippen molar-refractivity contribution in [2.45, 2.75) is 32.9 Å². The second-order valence-corrected chi connectivity index (χ2v) is 6.34. The minimum atomic E-state index is 0.0102. The van der Waals surface area contributed by atoms with Crippen molar-refractivity contribution in [3.63, 3.8) is 0 Å². The second kappa shape index (κ2) is 8.52. The zero-order valence-electron chi connectivity index (χ0n) is 14.8. The first kappa shape index (κ1) is 18.0. The summed E-state index contributed by atoms with van der Waals surface area (Å²) in [5.74, 6) is 1.52. The Kier molecular flexibility index (Phi) is 6.69. The van der Waals surface area contributed by atoms with E-state index >= 15 is 0 Å². The van der Waals surface area contributed by atoms with Gasteiger partial charge in [0.2, 0.25) is 0 Å². The number of hydrogen-bond acceptors (Lipinski definition) is 5. The SMILES string of the molecule is CCOc1cc(C(CO)N2CCN(C)CC2)ccc1OC(C)C. The quantitative estimate of drug-likeness (QED) is 0.833. The lowest BCUT2D eigenvalue weighted by Gasteiger charge is -2.37. The number of rotatable bonds is 7. The lowest BCUT2D eigenvalue weighted by atomic mass is 10.0. The van der Waals surface area contributed by atoms with E-state index in [1.165, 1.54) is 0 Å². The molecule has 1 aromatic carbocycles. The maximum Gasteiger partial charge on any atom is 0.161 e. The van der Waals surface area contributed by atoms with Gasteiger partial charge in [-0.2, -0.15) is 0 Å². The molecule has 2 rings (SSSR count). The minimum absolute atomic E-state index is 0.0102. The molecule has 0 aromatic heterocycles. The molecule has 1 saturated heterocycles. The van der Waals surface area contributed by atoms with Gasteiger partial charge in [0.15, 0.2) is 11.5 Å². The van der Waals surface area contributed by atoms with Crippen LogP contribution in [0.15, 0.2) is 18.2 Å². The van der Waals surface area contributed by atoms with Crippen molar-refractivity contribution < 1.29 is 14.6 Å². The van der Waals surface area contributed by atoms with Gasteiger partial charge >= 0.3 is 0 Å². The van der Waals surface area contributed by atoms with Crippen LogP contribution < -0.4 is 9.47 Å². The van der Waals surface area contributed by atoms with Crippen LogP contribution in [0.3, 0.4) is 0 Å². The van der Waals surface area contributed by atoms with Crippen molar-refractivity contribution in [1.29, 1.82) is 0 Å². The highest BCUT2D eigenvalue weighted by atomic mass is 16.5. The Bertz CT molecular complexity index is 485. The average molecular weight is 322 g/mol. The van der Waals surface area contributed by atoms with Crippen LogP contribution in [0.25, 0.3) is 0 Å². The summed E-state index contributed by atoms with van der Waals surface area (Å²) in [6, 6.07) is 6.02. The molecule has 1 aliphatic rings. The minimum Gasteiger partial charge on any atom is -0.490 e. The summed E-state index contributed by atoms with van der Waals surface area (Å²) in [4.78, 5) is 4.66. The molecule has 5 heteroatoms. The molecule has 1 heterocycles.